The number of hydrogen-bond acceptors (Lipinski definition) is 6. The van der Waals surface area contributed by atoms with E-state index in [1.54, 1.807) is 0 Å². The van der Waals surface area contributed by atoms with Gasteiger partial charge in [-0.1, -0.05) is 136 Å². The highest BCUT2D eigenvalue weighted by atomic mass is 16.5. The maximum absolute atomic E-state index is 14.1. The summed E-state index contributed by atoms with van der Waals surface area (Å²) in [4.78, 5) is 41.0. The zero-order valence-corrected chi connectivity index (χ0v) is 33.9. The monoisotopic (exact) mass is 783 g/mol. The number of rotatable bonds is 23. The Morgan fingerprint density at radius 3 is 1.47 bits per heavy atom. The van der Waals surface area contributed by atoms with E-state index in [9.17, 15) is 14.4 Å². The lowest BCUT2D eigenvalue weighted by molar-refractivity contribution is -0.132. The van der Waals surface area contributed by atoms with Gasteiger partial charge < -0.3 is 30.2 Å². The Bertz CT molecular complexity index is 1960. The number of carbonyl (C=O) groups excluding carboxylic acids is 3. The van der Waals surface area contributed by atoms with Crippen LogP contribution in [0.4, 0.5) is 0 Å². The van der Waals surface area contributed by atoms with E-state index in [0.717, 1.165) is 33.6 Å². The van der Waals surface area contributed by atoms with Crippen LogP contribution in [0.1, 0.15) is 67.9 Å². The van der Waals surface area contributed by atoms with E-state index < -0.39 is 18.0 Å². The number of hydrogen-bond donors (Lipinski definition) is 3. The molecule has 0 fully saturated rings. The second kappa shape index (κ2) is 23.3. The first-order valence-corrected chi connectivity index (χ1v) is 20.3. The van der Waals surface area contributed by atoms with Crippen molar-refractivity contribution >= 4 is 17.7 Å². The summed E-state index contributed by atoms with van der Waals surface area (Å²) in [5.41, 5.74) is 5.03. The van der Waals surface area contributed by atoms with Gasteiger partial charge >= 0.3 is 0 Å². The molecular weight excluding hydrogens is 727 g/mol. The molecule has 5 aromatic carbocycles. The summed E-state index contributed by atoms with van der Waals surface area (Å²) >= 11 is 0. The summed E-state index contributed by atoms with van der Waals surface area (Å²) in [7, 11) is 0. The lowest BCUT2D eigenvalue weighted by Crippen LogP contribution is -2.56. The average Bonchev–Trinajstić information content (AvgIpc) is 3.23. The van der Waals surface area contributed by atoms with Gasteiger partial charge in [0.25, 0.3) is 0 Å². The molecule has 0 aromatic heterocycles. The Labute approximate surface area is 343 Å². The van der Waals surface area contributed by atoms with Gasteiger partial charge in [0.05, 0.1) is 19.3 Å². The van der Waals surface area contributed by atoms with E-state index in [1.165, 1.54) is 0 Å². The van der Waals surface area contributed by atoms with Crippen LogP contribution in [0.3, 0.4) is 0 Å². The number of benzene rings is 5. The van der Waals surface area contributed by atoms with Crippen molar-refractivity contribution < 1.29 is 28.6 Å². The molecule has 58 heavy (non-hydrogen) atoms. The molecule has 3 N–H and O–H groups in total. The molecule has 0 saturated carbocycles. The van der Waals surface area contributed by atoms with Crippen LogP contribution in [0.15, 0.2) is 140 Å². The maximum atomic E-state index is 14.1. The van der Waals surface area contributed by atoms with Gasteiger partial charge in [0, 0.05) is 12.8 Å². The zero-order valence-electron chi connectivity index (χ0n) is 33.9. The highest BCUT2D eigenvalue weighted by Crippen LogP contribution is 2.18. The third-order valence-electron chi connectivity index (χ3n) is 9.51. The molecule has 304 valence electrons. The van der Waals surface area contributed by atoms with Crippen LogP contribution in [-0.4, -0.2) is 42.5 Å². The molecule has 3 atom stereocenters. The Balaban J connectivity index is 1.25. The van der Waals surface area contributed by atoms with Crippen LogP contribution in [0.25, 0.3) is 0 Å². The van der Waals surface area contributed by atoms with Gasteiger partial charge in [-0.05, 0) is 77.3 Å². The highest BCUT2D eigenvalue weighted by molar-refractivity contribution is 5.92. The Kier molecular flexibility index (Phi) is 17.4. The minimum Gasteiger partial charge on any atom is -0.489 e. The molecule has 0 bridgehead atoms. The third kappa shape index (κ3) is 15.2. The standard InChI is InChI=1S/C49H57N3O6/c1-4-14-47(53)51-46(31-38-23-27-44(28-24-38)58-34-41-19-12-7-13-20-41)49(55)52-45(29-36(2)3)48(54)50-42(35-56-32-39-15-8-5-9-16-39)30-37-21-25-43(26-22-37)57-33-40-17-10-6-11-18-40/h5-13,15-28,36,42,45-46H,4,14,29-35H2,1-3H3,(H,50,54)(H,51,53)(H,52,55)/t42-,45-,46-/m0/s1. The number of carbonyl (C=O) groups is 3. The zero-order chi connectivity index (χ0) is 41.0. The van der Waals surface area contributed by atoms with E-state index >= 15 is 0 Å². The lowest BCUT2D eigenvalue weighted by atomic mass is 10.00. The van der Waals surface area contributed by atoms with Crippen LogP contribution in [0.2, 0.25) is 0 Å². The summed E-state index contributed by atoms with van der Waals surface area (Å²) in [5, 5.41) is 9.12. The van der Waals surface area contributed by atoms with Gasteiger partial charge in [0.2, 0.25) is 17.7 Å². The molecular formula is C49H57N3O6. The van der Waals surface area contributed by atoms with Gasteiger partial charge in [-0.2, -0.15) is 0 Å². The van der Waals surface area contributed by atoms with E-state index in [4.69, 9.17) is 14.2 Å². The normalized spacial score (nSPS) is 12.6. The predicted molar refractivity (Wildman–Crippen MR) is 228 cm³/mol. The molecule has 0 heterocycles. The van der Waals surface area contributed by atoms with Crippen LogP contribution < -0.4 is 25.4 Å². The minimum atomic E-state index is -0.884. The van der Waals surface area contributed by atoms with Crippen LogP contribution in [0, 0.1) is 5.92 Å². The molecule has 9 nitrogen and oxygen atoms in total. The molecule has 3 amide bonds. The lowest BCUT2D eigenvalue weighted by Gasteiger charge is -2.27. The fraction of sp³-hybridized carbons (Fsp3) is 0.327. The summed E-state index contributed by atoms with van der Waals surface area (Å²) in [5.74, 6) is 0.605. The van der Waals surface area contributed by atoms with Crippen molar-refractivity contribution in [1.29, 1.82) is 0 Å². The second-order valence-electron chi connectivity index (χ2n) is 15.0. The van der Waals surface area contributed by atoms with Crippen molar-refractivity contribution in [1.82, 2.24) is 16.0 Å². The fourth-order valence-electron chi connectivity index (χ4n) is 6.47. The number of amides is 3. The van der Waals surface area contributed by atoms with Gasteiger partial charge in [-0.15, -0.1) is 0 Å². The molecule has 9 heteroatoms. The molecule has 0 aliphatic heterocycles. The SMILES string of the molecule is CCCC(=O)N[C@@H](Cc1ccc(OCc2ccccc2)cc1)C(=O)N[C@@H](CC(C)C)C(=O)N[C@H](COCc1ccccc1)Cc1ccc(OCc2ccccc2)cc1. The van der Waals surface area contributed by atoms with Gasteiger partial charge in [-0.3, -0.25) is 14.4 Å². The van der Waals surface area contributed by atoms with Gasteiger partial charge in [0.1, 0.15) is 36.8 Å². The van der Waals surface area contributed by atoms with Crippen molar-refractivity contribution in [3.05, 3.63) is 167 Å². The Morgan fingerprint density at radius 1 is 0.517 bits per heavy atom. The fourth-order valence-corrected chi connectivity index (χ4v) is 6.47. The van der Waals surface area contributed by atoms with E-state index in [2.05, 4.69) is 16.0 Å². The van der Waals surface area contributed by atoms with E-state index in [1.807, 2.05) is 160 Å². The molecule has 0 aliphatic rings. The first kappa shape index (κ1) is 43.2. The maximum Gasteiger partial charge on any atom is 0.243 e. The predicted octanol–water partition coefficient (Wildman–Crippen LogP) is 8.15. The van der Waals surface area contributed by atoms with Crippen molar-refractivity contribution in [2.45, 2.75) is 90.8 Å². The van der Waals surface area contributed by atoms with Crippen LogP contribution >= 0.6 is 0 Å². The molecule has 5 aromatic rings. The largest absolute Gasteiger partial charge is 0.489 e. The topological polar surface area (TPSA) is 115 Å². The summed E-state index contributed by atoms with van der Waals surface area (Å²) in [6.45, 7) is 7.50. The summed E-state index contributed by atoms with van der Waals surface area (Å²) in [6, 6.07) is 43.1. The van der Waals surface area contributed by atoms with Crippen molar-refractivity contribution in [2.75, 3.05) is 6.61 Å². The number of ether oxygens (including phenoxy) is 3. The first-order chi connectivity index (χ1) is 28.2. The first-order valence-electron chi connectivity index (χ1n) is 20.3. The molecule has 5 rings (SSSR count). The Hall–Kier alpha value is -5.93. The van der Waals surface area contributed by atoms with Gasteiger partial charge in [0.15, 0.2) is 0 Å². The van der Waals surface area contributed by atoms with Crippen molar-refractivity contribution in [3.8, 4) is 11.5 Å². The van der Waals surface area contributed by atoms with Crippen molar-refractivity contribution in [3.63, 3.8) is 0 Å². The summed E-state index contributed by atoms with van der Waals surface area (Å²) < 4.78 is 18.1. The van der Waals surface area contributed by atoms with E-state index in [-0.39, 0.29) is 43.2 Å². The van der Waals surface area contributed by atoms with Gasteiger partial charge in [-0.25, -0.2) is 0 Å². The average molecular weight is 784 g/mol. The quantitative estimate of drug-likeness (QED) is 0.0617. The van der Waals surface area contributed by atoms with Crippen molar-refractivity contribution in [2.24, 2.45) is 5.92 Å². The molecule has 0 spiro atoms. The third-order valence-corrected chi connectivity index (χ3v) is 9.51. The molecule has 0 aliphatic carbocycles. The van der Waals surface area contributed by atoms with Crippen LogP contribution in [-0.2, 0) is 51.8 Å². The van der Waals surface area contributed by atoms with Crippen LogP contribution in [0.5, 0.6) is 11.5 Å². The Morgan fingerprint density at radius 2 is 0.983 bits per heavy atom. The number of nitrogens with one attached hydrogen (secondary N) is 3. The second-order valence-corrected chi connectivity index (χ2v) is 15.0. The highest BCUT2D eigenvalue weighted by Gasteiger charge is 2.29. The molecule has 0 saturated heterocycles. The smallest absolute Gasteiger partial charge is 0.243 e. The van der Waals surface area contributed by atoms with E-state index in [0.29, 0.717) is 44.8 Å². The minimum absolute atomic E-state index is 0.101. The summed E-state index contributed by atoms with van der Waals surface area (Å²) in [6.07, 6.45) is 2.09. The molecule has 0 radical (unpaired) electrons. The molecule has 0 unspecified atom stereocenters.